The van der Waals surface area contributed by atoms with Crippen molar-refractivity contribution >= 4 is 6.21 Å². The Bertz CT molecular complexity index is 525. The number of aliphatic imine (C=N–C) groups is 1. The Kier molecular flexibility index (Phi) is 3.65. The fraction of sp³-hybridized carbons (Fsp3) is 0.500. The van der Waals surface area contributed by atoms with E-state index in [1.807, 2.05) is 0 Å². The summed E-state index contributed by atoms with van der Waals surface area (Å²) in [6, 6.07) is 0. The summed E-state index contributed by atoms with van der Waals surface area (Å²) in [5.41, 5.74) is -0.534. The Morgan fingerprint density at radius 2 is 1.94 bits per heavy atom. The highest BCUT2D eigenvalue weighted by Crippen LogP contribution is 2.08. The van der Waals surface area contributed by atoms with E-state index >= 15 is 0 Å². The molecule has 0 aromatic carbocycles. The highest BCUT2D eigenvalue weighted by atomic mass is 16.5. The van der Waals surface area contributed by atoms with Crippen LogP contribution in [0.25, 0.3) is 0 Å². The van der Waals surface area contributed by atoms with Crippen molar-refractivity contribution < 1.29 is 4.74 Å². The predicted octanol–water partition coefficient (Wildman–Crippen LogP) is -0.469. The van der Waals surface area contributed by atoms with Crippen molar-refractivity contribution in [1.82, 2.24) is 9.13 Å². The van der Waals surface area contributed by atoms with Gasteiger partial charge in [-0.05, 0) is 6.92 Å². The van der Waals surface area contributed by atoms with Gasteiger partial charge >= 0.3 is 5.69 Å². The van der Waals surface area contributed by atoms with Crippen molar-refractivity contribution in [2.75, 3.05) is 13.7 Å². The lowest BCUT2D eigenvalue weighted by molar-refractivity contribution is 0.305. The van der Waals surface area contributed by atoms with Gasteiger partial charge in [0.05, 0.1) is 6.61 Å². The van der Waals surface area contributed by atoms with Crippen molar-refractivity contribution in [2.45, 2.75) is 6.92 Å². The summed E-state index contributed by atoms with van der Waals surface area (Å²) in [6.07, 6.45) is 1.40. The van der Waals surface area contributed by atoms with Crippen LogP contribution in [0.15, 0.2) is 14.6 Å². The van der Waals surface area contributed by atoms with E-state index in [-0.39, 0.29) is 11.4 Å². The van der Waals surface area contributed by atoms with Gasteiger partial charge in [-0.15, -0.1) is 0 Å². The highest BCUT2D eigenvalue weighted by molar-refractivity contribution is 5.81. The average Bonchev–Trinajstić information content (AvgIpc) is 2.28. The van der Waals surface area contributed by atoms with Gasteiger partial charge in [0.2, 0.25) is 5.88 Å². The van der Waals surface area contributed by atoms with E-state index in [1.54, 1.807) is 21.0 Å². The molecule has 0 amide bonds. The number of rotatable bonds is 3. The fourth-order valence-corrected chi connectivity index (χ4v) is 1.40. The molecule has 1 heterocycles. The van der Waals surface area contributed by atoms with Gasteiger partial charge in [-0.25, -0.2) is 4.79 Å². The summed E-state index contributed by atoms with van der Waals surface area (Å²) in [7, 11) is 4.54. The van der Waals surface area contributed by atoms with Crippen molar-refractivity contribution in [3.8, 4) is 5.88 Å². The minimum Gasteiger partial charge on any atom is -0.478 e. The van der Waals surface area contributed by atoms with E-state index < -0.39 is 11.2 Å². The molecular formula is C10H15N3O3. The quantitative estimate of drug-likeness (QED) is 0.653. The van der Waals surface area contributed by atoms with Crippen LogP contribution in [0.4, 0.5) is 0 Å². The third kappa shape index (κ3) is 1.91. The molecule has 1 aromatic rings. The summed E-state index contributed by atoms with van der Waals surface area (Å²) in [6.45, 7) is 2.17. The second kappa shape index (κ2) is 4.78. The largest absolute Gasteiger partial charge is 0.478 e. The molecule has 0 saturated carbocycles. The first-order valence-electron chi connectivity index (χ1n) is 4.89. The number of nitrogens with zero attached hydrogens (tertiary/aromatic N) is 3. The molecule has 6 heteroatoms. The SMILES string of the molecule is CCOc1c(C=NC)c(=O)n(C)c(=O)n1C. The zero-order valence-corrected chi connectivity index (χ0v) is 9.85. The smallest absolute Gasteiger partial charge is 0.333 e. The summed E-state index contributed by atoms with van der Waals surface area (Å²) in [4.78, 5) is 27.2. The van der Waals surface area contributed by atoms with Crippen LogP contribution < -0.4 is 16.0 Å². The van der Waals surface area contributed by atoms with E-state index in [1.165, 1.54) is 17.8 Å². The van der Waals surface area contributed by atoms with Crippen LogP contribution in [0.2, 0.25) is 0 Å². The van der Waals surface area contributed by atoms with E-state index in [4.69, 9.17) is 4.74 Å². The van der Waals surface area contributed by atoms with Crippen molar-refractivity contribution in [3.05, 3.63) is 26.4 Å². The van der Waals surface area contributed by atoms with Crippen LogP contribution >= 0.6 is 0 Å². The Morgan fingerprint density at radius 3 is 2.44 bits per heavy atom. The summed E-state index contributed by atoms with van der Waals surface area (Å²) in [5.74, 6) is 0.251. The van der Waals surface area contributed by atoms with E-state index in [0.29, 0.717) is 6.61 Å². The Hall–Kier alpha value is -1.85. The molecule has 1 rings (SSSR count). The predicted molar refractivity (Wildman–Crippen MR) is 61.6 cm³/mol. The average molecular weight is 225 g/mol. The van der Waals surface area contributed by atoms with Gasteiger partial charge in [0, 0.05) is 27.4 Å². The lowest BCUT2D eigenvalue weighted by atomic mass is 10.3. The molecular weight excluding hydrogens is 210 g/mol. The zero-order valence-electron chi connectivity index (χ0n) is 9.85. The molecule has 0 spiro atoms. The summed E-state index contributed by atoms with van der Waals surface area (Å²) < 4.78 is 7.62. The molecule has 1 aromatic heterocycles. The lowest BCUT2D eigenvalue weighted by Gasteiger charge is -2.12. The Morgan fingerprint density at radius 1 is 1.31 bits per heavy atom. The molecule has 0 fully saturated rings. The molecule has 0 unspecified atom stereocenters. The molecule has 6 nitrogen and oxygen atoms in total. The fourth-order valence-electron chi connectivity index (χ4n) is 1.40. The third-order valence-electron chi connectivity index (χ3n) is 2.18. The second-order valence-corrected chi connectivity index (χ2v) is 3.24. The molecule has 0 N–H and O–H groups in total. The monoisotopic (exact) mass is 225 g/mol. The van der Waals surface area contributed by atoms with E-state index in [0.717, 1.165) is 4.57 Å². The molecule has 0 aliphatic carbocycles. The second-order valence-electron chi connectivity index (χ2n) is 3.24. The maximum atomic E-state index is 11.8. The van der Waals surface area contributed by atoms with Gasteiger partial charge in [-0.2, -0.15) is 0 Å². The first kappa shape index (κ1) is 12.2. The third-order valence-corrected chi connectivity index (χ3v) is 2.18. The topological polar surface area (TPSA) is 65.6 Å². The van der Waals surface area contributed by atoms with Gasteiger partial charge in [-0.3, -0.25) is 18.9 Å². The Labute approximate surface area is 92.8 Å². The van der Waals surface area contributed by atoms with Gasteiger partial charge in [0.1, 0.15) is 5.56 Å². The van der Waals surface area contributed by atoms with Gasteiger partial charge in [0.15, 0.2) is 0 Å². The lowest BCUT2D eigenvalue weighted by Crippen LogP contribution is -2.39. The van der Waals surface area contributed by atoms with E-state index in [9.17, 15) is 9.59 Å². The number of aromatic nitrogens is 2. The van der Waals surface area contributed by atoms with Crippen molar-refractivity contribution in [2.24, 2.45) is 19.1 Å². The summed E-state index contributed by atoms with van der Waals surface area (Å²) >= 11 is 0. The maximum absolute atomic E-state index is 11.8. The molecule has 0 aliphatic heterocycles. The number of hydrogen-bond donors (Lipinski definition) is 0. The normalized spacial score (nSPS) is 11.0. The van der Waals surface area contributed by atoms with Crippen LogP contribution in [0.1, 0.15) is 12.5 Å². The molecule has 0 bridgehead atoms. The van der Waals surface area contributed by atoms with Crippen LogP contribution in [0.3, 0.4) is 0 Å². The first-order valence-corrected chi connectivity index (χ1v) is 4.89. The van der Waals surface area contributed by atoms with Gasteiger partial charge in [-0.1, -0.05) is 0 Å². The van der Waals surface area contributed by atoms with Crippen LogP contribution in [-0.4, -0.2) is 29.0 Å². The minimum atomic E-state index is -0.415. The molecule has 88 valence electrons. The van der Waals surface area contributed by atoms with Crippen LogP contribution in [0.5, 0.6) is 5.88 Å². The van der Waals surface area contributed by atoms with Gasteiger partial charge in [0.25, 0.3) is 5.56 Å². The molecule has 0 aliphatic rings. The first-order chi connectivity index (χ1) is 7.54. The van der Waals surface area contributed by atoms with Crippen molar-refractivity contribution in [1.29, 1.82) is 0 Å². The maximum Gasteiger partial charge on any atom is 0.333 e. The van der Waals surface area contributed by atoms with Crippen LogP contribution in [-0.2, 0) is 14.1 Å². The molecule has 16 heavy (non-hydrogen) atoms. The van der Waals surface area contributed by atoms with Gasteiger partial charge < -0.3 is 4.74 Å². The number of hydrogen-bond acceptors (Lipinski definition) is 4. The van der Waals surface area contributed by atoms with E-state index in [2.05, 4.69) is 4.99 Å². The number of ether oxygens (including phenoxy) is 1. The zero-order chi connectivity index (χ0) is 12.3. The molecule has 0 atom stereocenters. The van der Waals surface area contributed by atoms with Crippen LogP contribution in [0, 0.1) is 0 Å². The van der Waals surface area contributed by atoms with Crippen molar-refractivity contribution in [3.63, 3.8) is 0 Å². The highest BCUT2D eigenvalue weighted by Gasteiger charge is 2.14. The minimum absolute atomic E-state index is 0.251. The molecule has 0 saturated heterocycles. The molecule has 0 radical (unpaired) electrons. The Balaban J connectivity index is 3.68. The summed E-state index contributed by atoms with van der Waals surface area (Å²) in [5, 5.41) is 0. The standard InChI is InChI=1S/C10H15N3O3/c1-5-16-9-7(6-11-2)8(14)12(3)10(15)13(9)4/h6H,5H2,1-4H3.